The molecule has 1 aliphatic heterocycles. The third-order valence-corrected chi connectivity index (χ3v) is 4.26. The van der Waals surface area contributed by atoms with Crippen LogP contribution in [0.5, 0.6) is 0 Å². The SMILES string of the molecule is Cc1cnc(NCc2cccc(COCC3CCCO3)c2)nc1C. The molecule has 1 unspecified atom stereocenters. The molecule has 3 rings (SSSR count). The van der Waals surface area contributed by atoms with Crippen molar-refractivity contribution in [3.63, 3.8) is 0 Å². The number of aromatic nitrogens is 2. The molecule has 0 bridgehead atoms. The van der Waals surface area contributed by atoms with Gasteiger partial charge in [0.15, 0.2) is 0 Å². The molecule has 1 atom stereocenters. The van der Waals surface area contributed by atoms with Crippen molar-refractivity contribution in [1.29, 1.82) is 0 Å². The van der Waals surface area contributed by atoms with Crippen molar-refractivity contribution in [2.45, 2.75) is 45.9 Å². The van der Waals surface area contributed by atoms with Crippen LogP contribution in [0.25, 0.3) is 0 Å². The van der Waals surface area contributed by atoms with Crippen LogP contribution in [0.3, 0.4) is 0 Å². The predicted molar refractivity (Wildman–Crippen MR) is 93.9 cm³/mol. The number of hydrogen-bond donors (Lipinski definition) is 1. The molecule has 5 nitrogen and oxygen atoms in total. The lowest BCUT2D eigenvalue weighted by Gasteiger charge is -2.11. The molecule has 1 aromatic carbocycles. The van der Waals surface area contributed by atoms with Crippen molar-refractivity contribution in [2.24, 2.45) is 0 Å². The lowest BCUT2D eigenvalue weighted by molar-refractivity contribution is 0.0106. The molecule has 2 aromatic rings. The second-order valence-corrected chi connectivity index (χ2v) is 6.29. The summed E-state index contributed by atoms with van der Waals surface area (Å²) >= 11 is 0. The van der Waals surface area contributed by atoms with Gasteiger partial charge in [-0.1, -0.05) is 24.3 Å². The first-order chi connectivity index (χ1) is 11.7. The van der Waals surface area contributed by atoms with Crippen LogP contribution in [0.4, 0.5) is 5.95 Å². The van der Waals surface area contributed by atoms with Crippen LogP contribution in [0.15, 0.2) is 30.5 Å². The fourth-order valence-electron chi connectivity index (χ4n) is 2.71. The topological polar surface area (TPSA) is 56.3 Å². The van der Waals surface area contributed by atoms with Crippen molar-refractivity contribution in [1.82, 2.24) is 9.97 Å². The molecule has 128 valence electrons. The predicted octanol–water partition coefficient (Wildman–Crippen LogP) is 3.40. The highest BCUT2D eigenvalue weighted by atomic mass is 16.5. The molecule has 0 aliphatic carbocycles. The van der Waals surface area contributed by atoms with Gasteiger partial charge in [0.2, 0.25) is 5.95 Å². The Morgan fingerprint density at radius 3 is 2.96 bits per heavy atom. The van der Waals surface area contributed by atoms with E-state index in [-0.39, 0.29) is 6.10 Å². The molecule has 1 aliphatic rings. The molecular weight excluding hydrogens is 302 g/mol. The summed E-state index contributed by atoms with van der Waals surface area (Å²) in [6.07, 6.45) is 4.38. The van der Waals surface area contributed by atoms with E-state index in [1.54, 1.807) is 0 Å². The van der Waals surface area contributed by atoms with Gasteiger partial charge in [0.05, 0.1) is 19.3 Å². The molecule has 0 saturated carbocycles. The van der Waals surface area contributed by atoms with E-state index >= 15 is 0 Å². The van der Waals surface area contributed by atoms with Gasteiger partial charge in [-0.15, -0.1) is 0 Å². The maximum atomic E-state index is 5.78. The Morgan fingerprint density at radius 1 is 1.29 bits per heavy atom. The Hall–Kier alpha value is -1.98. The summed E-state index contributed by atoms with van der Waals surface area (Å²) < 4.78 is 11.4. The van der Waals surface area contributed by atoms with E-state index in [9.17, 15) is 0 Å². The lowest BCUT2D eigenvalue weighted by atomic mass is 10.1. The van der Waals surface area contributed by atoms with Crippen molar-refractivity contribution < 1.29 is 9.47 Å². The number of anilines is 1. The smallest absolute Gasteiger partial charge is 0.223 e. The molecule has 0 spiro atoms. The first-order valence-corrected chi connectivity index (χ1v) is 8.52. The number of ether oxygens (including phenoxy) is 2. The summed E-state index contributed by atoms with van der Waals surface area (Å²) in [6.45, 7) is 6.87. The van der Waals surface area contributed by atoms with E-state index in [1.807, 2.05) is 20.0 Å². The minimum Gasteiger partial charge on any atom is -0.376 e. The molecular formula is C19H25N3O2. The normalized spacial score (nSPS) is 17.2. The number of nitrogens with one attached hydrogen (secondary N) is 1. The molecule has 1 fully saturated rings. The third kappa shape index (κ3) is 4.76. The monoisotopic (exact) mass is 327 g/mol. The Bertz CT molecular complexity index is 669. The van der Waals surface area contributed by atoms with Crippen LogP contribution in [0.1, 0.15) is 35.2 Å². The summed E-state index contributed by atoms with van der Waals surface area (Å²) in [5.41, 5.74) is 4.47. The van der Waals surface area contributed by atoms with E-state index in [0.29, 0.717) is 25.7 Å². The zero-order valence-corrected chi connectivity index (χ0v) is 14.4. The van der Waals surface area contributed by atoms with Crippen LogP contribution < -0.4 is 5.32 Å². The minimum atomic E-state index is 0.275. The van der Waals surface area contributed by atoms with Gasteiger partial charge in [-0.3, -0.25) is 0 Å². The van der Waals surface area contributed by atoms with E-state index < -0.39 is 0 Å². The van der Waals surface area contributed by atoms with E-state index in [1.165, 1.54) is 11.1 Å². The first kappa shape index (κ1) is 16.9. The molecule has 1 N–H and O–H groups in total. The maximum absolute atomic E-state index is 5.78. The molecule has 0 amide bonds. The number of benzene rings is 1. The average molecular weight is 327 g/mol. The van der Waals surface area contributed by atoms with E-state index in [0.717, 1.165) is 30.7 Å². The third-order valence-electron chi connectivity index (χ3n) is 4.26. The highest BCUT2D eigenvalue weighted by Crippen LogP contribution is 2.14. The standard InChI is InChI=1S/C19H25N3O2/c1-14-10-20-19(22-15(14)2)21-11-16-5-3-6-17(9-16)12-23-13-18-7-4-8-24-18/h3,5-6,9-10,18H,4,7-8,11-13H2,1-2H3,(H,20,21,22). The Labute approximate surface area is 143 Å². The zero-order valence-electron chi connectivity index (χ0n) is 14.4. The summed E-state index contributed by atoms with van der Waals surface area (Å²) in [4.78, 5) is 8.75. The number of hydrogen-bond acceptors (Lipinski definition) is 5. The van der Waals surface area contributed by atoms with Crippen LogP contribution in [-0.4, -0.2) is 29.3 Å². The summed E-state index contributed by atoms with van der Waals surface area (Å²) in [5.74, 6) is 0.665. The van der Waals surface area contributed by atoms with Crippen molar-refractivity contribution in [2.75, 3.05) is 18.5 Å². The second-order valence-electron chi connectivity index (χ2n) is 6.29. The first-order valence-electron chi connectivity index (χ1n) is 8.52. The van der Waals surface area contributed by atoms with Crippen LogP contribution in [0.2, 0.25) is 0 Å². The van der Waals surface area contributed by atoms with Crippen LogP contribution >= 0.6 is 0 Å². The number of aryl methyl sites for hydroxylation is 2. The quantitative estimate of drug-likeness (QED) is 0.844. The number of nitrogens with zero attached hydrogens (tertiary/aromatic N) is 2. The summed E-state index contributed by atoms with van der Waals surface area (Å²) in [7, 11) is 0. The zero-order chi connectivity index (χ0) is 16.8. The van der Waals surface area contributed by atoms with Gasteiger partial charge in [-0.25, -0.2) is 9.97 Å². The van der Waals surface area contributed by atoms with E-state index in [4.69, 9.17) is 9.47 Å². The van der Waals surface area contributed by atoms with Gasteiger partial charge in [-0.2, -0.15) is 0 Å². The number of rotatable bonds is 7. The van der Waals surface area contributed by atoms with Gasteiger partial charge < -0.3 is 14.8 Å². The van der Waals surface area contributed by atoms with Gasteiger partial charge in [0.1, 0.15) is 0 Å². The molecule has 0 radical (unpaired) electrons. The van der Waals surface area contributed by atoms with Crippen molar-refractivity contribution >= 4 is 5.95 Å². The largest absolute Gasteiger partial charge is 0.376 e. The average Bonchev–Trinajstić information content (AvgIpc) is 3.10. The maximum Gasteiger partial charge on any atom is 0.223 e. The highest BCUT2D eigenvalue weighted by Gasteiger charge is 2.15. The lowest BCUT2D eigenvalue weighted by Crippen LogP contribution is -2.13. The fourth-order valence-corrected chi connectivity index (χ4v) is 2.71. The summed E-state index contributed by atoms with van der Waals surface area (Å²) in [6, 6.07) is 8.40. The minimum absolute atomic E-state index is 0.275. The van der Waals surface area contributed by atoms with Gasteiger partial charge in [-0.05, 0) is 43.4 Å². The van der Waals surface area contributed by atoms with Gasteiger partial charge in [0, 0.05) is 25.0 Å². The second kappa shape index (κ2) is 8.22. The fraction of sp³-hybridized carbons (Fsp3) is 0.474. The Kier molecular flexibility index (Phi) is 5.77. The van der Waals surface area contributed by atoms with Gasteiger partial charge in [0.25, 0.3) is 0 Å². The molecule has 5 heteroatoms. The molecule has 1 aromatic heterocycles. The molecule has 1 saturated heterocycles. The van der Waals surface area contributed by atoms with Crippen LogP contribution in [-0.2, 0) is 22.6 Å². The summed E-state index contributed by atoms with van der Waals surface area (Å²) in [5, 5.41) is 3.27. The molecule has 2 heterocycles. The van der Waals surface area contributed by atoms with Gasteiger partial charge >= 0.3 is 0 Å². The van der Waals surface area contributed by atoms with Crippen LogP contribution in [0, 0.1) is 13.8 Å². The Balaban J connectivity index is 1.49. The van der Waals surface area contributed by atoms with E-state index in [2.05, 4.69) is 39.6 Å². The van der Waals surface area contributed by atoms with Crippen molar-refractivity contribution in [3.8, 4) is 0 Å². The molecule has 24 heavy (non-hydrogen) atoms. The highest BCUT2D eigenvalue weighted by molar-refractivity contribution is 5.31. The van der Waals surface area contributed by atoms with Crippen molar-refractivity contribution in [3.05, 3.63) is 52.8 Å². The Morgan fingerprint density at radius 2 is 2.17 bits per heavy atom.